The number of carbonyl (C=O) groups is 11. The molecule has 2 aromatic heterocycles. The summed E-state index contributed by atoms with van der Waals surface area (Å²) in [5, 5.41) is 24.9. The molecule has 0 bridgehead atoms. The Morgan fingerprint density at radius 3 is 1.08 bits per heavy atom. The van der Waals surface area contributed by atoms with Crippen molar-refractivity contribution in [3.05, 3.63) is 200 Å². The van der Waals surface area contributed by atoms with E-state index in [-0.39, 0.29) is 146 Å². The van der Waals surface area contributed by atoms with Crippen LogP contribution in [0.1, 0.15) is 280 Å². The molecule has 37 heteroatoms. The first-order chi connectivity index (χ1) is 67.3. The van der Waals surface area contributed by atoms with Crippen LogP contribution in [0.25, 0.3) is 21.8 Å². The van der Waals surface area contributed by atoms with E-state index in [9.17, 15) is 105 Å². The van der Waals surface area contributed by atoms with Gasteiger partial charge in [-0.3, -0.25) is 52.7 Å². The van der Waals surface area contributed by atoms with Crippen LogP contribution >= 0.6 is 12.4 Å². The second-order valence-electron chi connectivity index (χ2n) is 35.1. The van der Waals surface area contributed by atoms with Gasteiger partial charge in [-0.15, -0.1) is 12.4 Å². The van der Waals surface area contributed by atoms with Crippen LogP contribution in [0.3, 0.4) is 0 Å². The first-order valence-electron chi connectivity index (χ1n) is 47.8. The number of nitrogen functional groups attached to an aromatic ring is 2. The third kappa shape index (κ3) is 44.4. The molecule has 2 heterocycles. The molecule has 142 heavy (non-hydrogen) atoms. The summed E-state index contributed by atoms with van der Waals surface area (Å²) in [6.45, 7) is 15.2. The number of alkyl halides is 4. The van der Waals surface area contributed by atoms with Gasteiger partial charge in [0.1, 0.15) is 36.4 Å². The van der Waals surface area contributed by atoms with Gasteiger partial charge in [-0.1, -0.05) is 179 Å². The minimum atomic E-state index is -4.64. The summed E-state index contributed by atoms with van der Waals surface area (Å²) in [7, 11) is 0. The summed E-state index contributed by atoms with van der Waals surface area (Å²) < 4.78 is 181. The normalized spacial score (nSPS) is 12.0. The van der Waals surface area contributed by atoms with Crippen molar-refractivity contribution in [3.63, 3.8) is 0 Å². The van der Waals surface area contributed by atoms with Crippen molar-refractivity contribution < 1.29 is 157 Å². The van der Waals surface area contributed by atoms with E-state index in [0.29, 0.717) is 68.6 Å². The number of nitrogens with two attached hydrogens (primary N) is 2. The number of anilines is 2. The first-order valence-corrected chi connectivity index (χ1v) is 49.6. The molecule has 0 radical (unpaired) electrons. The molecule has 4 atom stereocenters. The van der Waals surface area contributed by atoms with Crippen LogP contribution in [-0.4, -0.2) is 109 Å². The number of aromatic hydroxyl groups is 1. The number of nitrogens with one attached hydrogen (secondary N) is 2. The number of aromatic nitrogens is 2. The predicted octanol–water partition coefficient (Wildman–Crippen LogP) is 19.7. The van der Waals surface area contributed by atoms with Gasteiger partial charge in [0.05, 0.1) is 23.1 Å². The number of benzene rings is 6. The zero-order valence-corrected chi connectivity index (χ0v) is 84.6. The number of carboxylic acid groups (broad SMARTS) is 1. The van der Waals surface area contributed by atoms with E-state index in [2.05, 4.69) is 63.5 Å². The van der Waals surface area contributed by atoms with Gasteiger partial charge in [0, 0.05) is 86.8 Å². The van der Waals surface area contributed by atoms with E-state index in [0.717, 1.165) is 147 Å². The fourth-order valence-electron chi connectivity index (χ4n) is 14.9. The van der Waals surface area contributed by atoms with E-state index >= 15 is 0 Å². The molecule has 22 nitrogen and oxygen atoms in total. The molecular weight excluding hydrogens is 2010 g/mol. The second kappa shape index (κ2) is 65.9. The van der Waals surface area contributed by atoms with E-state index < -0.39 is 130 Å². The number of aliphatic carboxylic acids is 1. The Morgan fingerprint density at radius 2 is 0.739 bits per heavy atom. The number of amides is 2. The van der Waals surface area contributed by atoms with Crippen molar-refractivity contribution >= 4 is 111 Å². The van der Waals surface area contributed by atoms with E-state index in [1.807, 2.05) is 67.3 Å². The topological polar surface area (TPSA) is 358 Å². The number of carbonyl (C=O) groups excluding carboxylic acids is 10. The van der Waals surface area contributed by atoms with Crippen molar-refractivity contribution in [1.82, 2.24) is 20.6 Å². The molecule has 0 fully saturated rings. The van der Waals surface area contributed by atoms with Gasteiger partial charge in [0.2, 0.25) is 82.0 Å². The van der Waals surface area contributed by atoms with Crippen LogP contribution < -0.4 is 49.2 Å². The van der Waals surface area contributed by atoms with Gasteiger partial charge in [0.15, 0.2) is 17.3 Å². The molecule has 0 aliphatic carbocycles. The number of aryl methyl sites for hydroxylation is 4. The van der Waals surface area contributed by atoms with Crippen molar-refractivity contribution in [1.29, 1.82) is 0.594 Å². The maximum atomic E-state index is 13.8. The van der Waals surface area contributed by atoms with Gasteiger partial charge < -0.3 is 46.5 Å². The second-order valence-corrected chi connectivity index (χ2v) is 35.1. The van der Waals surface area contributed by atoms with Crippen LogP contribution in [0.2, 0.25) is 0 Å². The SMILES string of the molecule is CCCCCc1cc2c(CCCCCCC(=O)OCc3ccc(CC(=O)[C@H](C)NC(=O)[C@@H](CC(=O)CCCCCC(=O)O)C(C)C)cc3)cccc2nc1N.CCCCCc1cc2c(CCCCCCC(=O)OCc3ccc(CC(=O)[C@H](C)NC(=O)[C@@H](CC(=O)CCCCCC(=O)Oc4c(F)c(F)c(F)c(F)c4F)C(C)C)cc3)cccc2nc1N.Cl.O=CC(F)(F)F.Oc1c(F)c(F)c(F)c(F)c1F.[2H][I-]C. The molecule has 0 spiro atoms. The number of ether oxygens (including phenoxy) is 3. The number of rotatable bonds is 55. The summed E-state index contributed by atoms with van der Waals surface area (Å²) in [6.07, 6.45) is 15.8. The number of phenolic OH excluding ortho intramolecular Hbond substituents is 1. The number of Topliss-reactive ketones (excluding diaryl/α,β-unsaturated/α-hetero) is 4. The Balaban J connectivity index is 0.000000611. The van der Waals surface area contributed by atoms with Gasteiger partial charge in [-0.25, -0.2) is 36.3 Å². The number of hydrogen-bond acceptors (Lipinski definition) is 19. The minimum absolute atomic E-state index is 0. The summed E-state index contributed by atoms with van der Waals surface area (Å²) in [5.74, 6) is -30.2. The number of phenols is 1. The molecule has 6 aromatic carbocycles. The summed E-state index contributed by atoms with van der Waals surface area (Å²) in [5.41, 5.74) is 22.3. The Labute approximate surface area is 840 Å². The standard InChI is InChI=1S/C51H62F5N3O7.C45H63N3O7.C6HF5O.C2HF3O.CH4I.ClH/c1-5-6-10-17-36-28-39-35(18-15-20-40(39)59-50(36)57)16-11-7-8-13-21-42(62)65-30-34-25-23-33(24-26-34)27-41(61)32(4)58-51(64)38(31(2)3)29-37(60)19-12-9-14-22-43(63)66-49-47(55)45(53)44(52)46(54)48(49)56;1-5-6-10-17-36-28-39-35(18-15-20-40(39)48-44(36)46)16-11-7-8-14-22-43(53)55-30-34-25-23-33(24-26-34)27-41(50)32(4)47-45(54)38(31(2)3)29-37(49)19-12-9-13-21-42(51)52;7-1-2(8)4(10)6(12)5(11)3(1)9;3-2(4,5)1-6;1-2;/h15,18,20,23-26,28,31-32,38H,5-14,16-17,19,21-22,27,29-30H2,1-4H3,(H2,57,59)(H,58,64);15,18,20,23-26,28,31-32,38H,5-14,16-17,19,21-22,27,29-30H2,1-4H3,(H2,46,48)(H,47,54)(H,51,52);12H;1H;2H,1H3;1H/q;;;;-1;/t2*32-,38-;;;;/m00..../s1/i;;;;2D;. The van der Waals surface area contributed by atoms with Crippen molar-refractivity contribution in [2.45, 2.75) is 305 Å². The van der Waals surface area contributed by atoms with Crippen molar-refractivity contribution in [3.8, 4) is 11.5 Å². The van der Waals surface area contributed by atoms with Crippen molar-refractivity contribution in [2.24, 2.45) is 23.7 Å². The van der Waals surface area contributed by atoms with E-state index in [1.54, 1.807) is 52.0 Å². The van der Waals surface area contributed by atoms with Gasteiger partial charge >= 0.3 is 58.0 Å². The molecule has 784 valence electrons. The molecule has 2 amide bonds. The number of fused-ring (bicyclic) bond motifs is 2. The fourth-order valence-corrected chi connectivity index (χ4v) is 14.9. The molecular formula is C105H132ClF13IN6O16-. The number of esters is 3. The number of ketones is 4. The molecule has 0 unspecified atom stereocenters. The fraction of sp³-hybridized carbons (Fsp3) is 0.495. The third-order valence-electron chi connectivity index (χ3n) is 23.2. The molecule has 8 aromatic rings. The molecule has 0 saturated carbocycles. The number of halogens is 15. The van der Waals surface area contributed by atoms with E-state index in [1.165, 1.54) is 29.4 Å². The van der Waals surface area contributed by atoms with Crippen LogP contribution in [0.4, 0.5) is 68.7 Å². The number of carboxylic acids is 1. The van der Waals surface area contributed by atoms with Gasteiger partial charge in [0.25, 0.3) is 0 Å². The Morgan fingerprint density at radius 1 is 0.437 bits per heavy atom. The number of hydrogen-bond donors (Lipinski definition) is 6. The van der Waals surface area contributed by atoms with Crippen LogP contribution in [0.5, 0.6) is 11.5 Å². The third-order valence-corrected chi connectivity index (χ3v) is 23.2. The zero-order valence-electron chi connectivity index (χ0n) is 82.6. The maximum absolute atomic E-state index is 13.8. The number of aldehydes is 1. The average Bonchev–Trinajstić information content (AvgIpc) is 0.799. The van der Waals surface area contributed by atoms with Crippen molar-refractivity contribution in [2.75, 3.05) is 16.4 Å². The summed E-state index contributed by atoms with van der Waals surface area (Å²) in [4.78, 5) is 145. The monoisotopic (exact) mass is 2140 g/mol. The number of pyridine rings is 2. The van der Waals surface area contributed by atoms with Crippen LogP contribution in [0.15, 0.2) is 97.1 Å². The Kier molecular flexibility index (Phi) is 57.1. The number of unbranched alkanes of at least 4 members (excludes halogenated alkanes) is 14. The first kappa shape index (κ1) is 123. The predicted molar refractivity (Wildman–Crippen MR) is 514 cm³/mol. The van der Waals surface area contributed by atoms with Crippen LogP contribution in [0, 0.1) is 81.8 Å². The summed E-state index contributed by atoms with van der Waals surface area (Å²) >= 11 is -0.160. The molecule has 0 aliphatic rings. The molecule has 8 rings (SSSR count). The van der Waals surface area contributed by atoms with E-state index in [4.69, 9.17) is 36.5 Å². The molecule has 0 saturated heterocycles. The molecule has 8 N–H and O–H groups in total. The summed E-state index contributed by atoms with van der Waals surface area (Å²) in [6, 6.07) is 29.8. The molecule has 0 aliphatic heterocycles. The Hall–Kier alpha value is -11.2. The van der Waals surface area contributed by atoms with Gasteiger partial charge in [-0.2, -0.15) is 30.7 Å². The quantitative estimate of drug-likeness (QED) is 0.00237. The van der Waals surface area contributed by atoms with Crippen LogP contribution in [-0.2, 0) is 114 Å². The number of nitrogens with zero attached hydrogens (tertiary/aromatic N) is 2. The van der Waals surface area contributed by atoms with Gasteiger partial charge in [-0.05, 0) is 184 Å². The average molecular weight is 2140 g/mol. The Bertz CT molecular complexity index is 5320. The zero-order chi connectivity index (χ0) is 106.